The van der Waals surface area contributed by atoms with Crippen LogP contribution in [0.4, 0.5) is 0 Å². The van der Waals surface area contributed by atoms with Crippen molar-refractivity contribution < 1.29 is 9.21 Å². The summed E-state index contributed by atoms with van der Waals surface area (Å²) in [6.45, 7) is 0. The van der Waals surface area contributed by atoms with Crippen molar-refractivity contribution in [3.63, 3.8) is 0 Å². The average Bonchev–Trinajstić information content (AvgIpc) is 3.24. The Morgan fingerprint density at radius 3 is 3.09 bits per heavy atom. The van der Waals surface area contributed by atoms with Crippen molar-refractivity contribution in [1.82, 2.24) is 15.6 Å². The van der Waals surface area contributed by atoms with Crippen LogP contribution in [0.2, 0.25) is 5.35 Å². The number of carbonyl (C=O) groups is 1. The van der Waals surface area contributed by atoms with Gasteiger partial charge >= 0.3 is 0 Å². The molecule has 2 aromatic rings. The molecule has 2 N–H and O–H groups in total. The third-order valence-corrected chi connectivity index (χ3v) is 6.36. The lowest BCUT2D eigenvalue weighted by Gasteiger charge is -2.20. The number of nitrogens with zero attached hydrogens (tertiary/aromatic N) is 1. The van der Waals surface area contributed by atoms with E-state index in [0.717, 1.165) is 21.9 Å². The van der Waals surface area contributed by atoms with Gasteiger partial charge in [0.25, 0.3) is 11.3 Å². The van der Waals surface area contributed by atoms with Gasteiger partial charge in [-0.1, -0.05) is 0 Å². The number of carbonyl (C=O) groups excluding carboxylic acids is 1. The van der Waals surface area contributed by atoms with Crippen LogP contribution < -0.4 is 10.6 Å². The summed E-state index contributed by atoms with van der Waals surface area (Å²) < 4.78 is 6.19. The summed E-state index contributed by atoms with van der Waals surface area (Å²) in [6.07, 6.45) is 5.01. The SMILES string of the molecule is O=C(NC1CC2CCC1N2)c1ccc(Sc2cnc(Cl)o2)s1. The Labute approximate surface area is 140 Å². The third kappa shape index (κ3) is 2.90. The van der Waals surface area contributed by atoms with E-state index in [0.29, 0.717) is 17.2 Å². The number of oxazole rings is 1. The van der Waals surface area contributed by atoms with Gasteiger partial charge in [0.05, 0.1) is 15.3 Å². The van der Waals surface area contributed by atoms with E-state index in [4.69, 9.17) is 16.0 Å². The predicted molar refractivity (Wildman–Crippen MR) is 85.8 cm³/mol. The average molecular weight is 356 g/mol. The van der Waals surface area contributed by atoms with E-state index in [1.807, 2.05) is 12.1 Å². The second kappa shape index (κ2) is 5.88. The Kier molecular flexibility index (Phi) is 3.89. The van der Waals surface area contributed by atoms with Crippen molar-refractivity contribution in [2.45, 2.75) is 46.7 Å². The van der Waals surface area contributed by atoms with Crippen LogP contribution >= 0.6 is 34.7 Å². The third-order valence-electron chi connectivity index (χ3n) is 4.08. The zero-order valence-electron chi connectivity index (χ0n) is 11.5. The Morgan fingerprint density at radius 1 is 1.50 bits per heavy atom. The van der Waals surface area contributed by atoms with Crippen molar-refractivity contribution in [3.8, 4) is 0 Å². The molecule has 0 aromatic carbocycles. The number of fused-ring (bicyclic) bond motifs is 2. The molecule has 1 amide bonds. The largest absolute Gasteiger partial charge is 0.421 e. The van der Waals surface area contributed by atoms with Gasteiger partial charge in [-0.3, -0.25) is 4.79 Å². The normalized spacial score (nSPS) is 26.5. The lowest BCUT2D eigenvalue weighted by atomic mass is 9.95. The van der Waals surface area contributed by atoms with E-state index in [9.17, 15) is 4.79 Å². The molecule has 0 saturated carbocycles. The second-order valence-electron chi connectivity index (χ2n) is 5.52. The van der Waals surface area contributed by atoms with Crippen molar-refractivity contribution in [3.05, 3.63) is 28.6 Å². The minimum absolute atomic E-state index is 0.00630. The molecule has 2 aromatic heterocycles. The van der Waals surface area contributed by atoms with Gasteiger partial charge in [-0.15, -0.1) is 11.3 Å². The van der Waals surface area contributed by atoms with E-state index in [1.54, 1.807) is 6.20 Å². The lowest BCUT2D eigenvalue weighted by Crippen LogP contribution is -2.42. The molecular formula is C14H14ClN3O2S2. The molecule has 4 rings (SSSR count). The Morgan fingerprint density at radius 2 is 2.41 bits per heavy atom. The van der Waals surface area contributed by atoms with E-state index < -0.39 is 0 Å². The predicted octanol–water partition coefficient (Wildman–Crippen LogP) is 3.16. The molecule has 2 fully saturated rings. The van der Waals surface area contributed by atoms with Gasteiger partial charge in [0.1, 0.15) is 0 Å². The van der Waals surface area contributed by atoms with Crippen LogP contribution in [0, 0.1) is 0 Å². The zero-order valence-corrected chi connectivity index (χ0v) is 13.9. The first-order valence-corrected chi connectivity index (χ1v) is 9.14. The minimum atomic E-state index is 0.00630. The maximum atomic E-state index is 12.4. The first-order valence-electron chi connectivity index (χ1n) is 7.13. The van der Waals surface area contributed by atoms with E-state index in [1.165, 1.54) is 29.5 Å². The molecule has 22 heavy (non-hydrogen) atoms. The highest BCUT2D eigenvalue weighted by molar-refractivity contribution is 8.01. The van der Waals surface area contributed by atoms with Crippen molar-refractivity contribution >= 4 is 40.6 Å². The molecule has 5 nitrogen and oxygen atoms in total. The summed E-state index contributed by atoms with van der Waals surface area (Å²) in [6, 6.07) is 5.05. The number of thiophene rings is 1. The molecule has 2 bridgehead atoms. The van der Waals surface area contributed by atoms with E-state index in [-0.39, 0.29) is 17.3 Å². The summed E-state index contributed by atoms with van der Waals surface area (Å²) in [7, 11) is 0. The molecule has 0 aliphatic carbocycles. The summed E-state index contributed by atoms with van der Waals surface area (Å²) >= 11 is 8.51. The van der Waals surface area contributed by atoms with Gasteiger partial charge in [-0.2, -0.15) is 0 Å². The maximum Gasteiger partial charge on any atom is 0.293 e. The summed E-state index contributed by atoms with van der Waals surface area (Å²) in [5.74, 6) is 0.00630. The van der Waals surface area contributed by atoms with Crippen LogP contribution in [0.5, 0.6) is 0 Å². The van der Waals surface area contributed by atoms with Crippen molar-refractivity contribution in [2.75, 3.05) is 0 Å². The first kappa shape index (κ1) is 14.6. The molecule has 3 unspecified atom stereocenters. The number of hydrogen-bond donors (Lipinski definition) is 2. The topological polar surface area (TPSA) is 67.2 Å². The number of halogens is 1. The molecule has 4 heterocycles. The number of aromatic nitrogens is 1. The highest BCUT2D eigenvalue weighted by Crippen LogP contribution is 2.35. The number of hydrogen-bond acceptors (Lipinski definition) is 6. The zero-order chi connectivity index (χ0) is 15.1. The molecule has 8 heteroatoms. The molecule has 2 aliphatic rings. The fourth-order valence-electron chi connectivity index (χ4n) is 3.11. The minimum Gasteiger partial charge on any atom is -0.421 e. The highest BCUT2D eigenvalue weighted by atomic mass is 35.5. The van der Waals surface area contributed by atoms with Gasteiger partial charge < -0.3 is 15.1 Å². The number of rotatable bonds is 4. The molecule has 2 aliphatic heterocycles. The Bertz CT molecular complexity index is 702. The van der Waals surface area contributed by atoms with Gasteiger partial charge in [0.15, 0.2) is 5.09 Å². The van der Waals surface area contributed by atoms with Crippen LogP contribution in [0.15, 0.2) is 32.0 Å². The second-order valence-corrected chi connectivity index (χ2v) is 8.23. The number of amides is 1. The monoisotopic (exact) mass is 355 g/mol. The van der Waals surface area contributed by atoms with Gasteiger partial charge in [-0.25, -0.2) is 4.98 Å². The van der Waals surface area contributed by atoms with E-state index >= 15 is 0 Å². The quantitative estimate of drug-likeness (QED) is 0.881. The first-order chi connectivity index (χ1) is 10.7. The molecule has 2 saturated heterocycles. The molecule has 0 radical (unpaired) electrons. The van der Waals surface area contributed by atoms with Crippen LogP contribution in [-0.4, -0.2) is 29.0 Å². The maximum absolute atomic E-state index is 12.4. The fraction of sp³-hybridized carbons (Fsp3) is 0.429. The van der Waals surface area contributed by atoms with Crippen LogP contribution in [0.3, 0.4) is 0 Å². The van der Waals surface area contributed by atoms with Crippen LogP contribution in [0.25, 0.3) is 0 Å². The van der Waals surface area contributed by atoms with Gasteiger partial charge in [-0.05, 0) is 54.8 Å². The standard InChI is InChI=1S/C14H14ClN3O2S2/c15-14-16-6-11(20-14)22-12-4-3-10(21-12)13(19)18-9-5-7-1-2-8(9)17-7/h3-4,6-9,17H,1-2,5H2,(H,18,19). The van der Waals surface area contributed by atoms with Crippen molar-refractivity contribution in [1.29, 1.82) is 0 Å². The lowest BCUT2D eigenvalue weighted by molar-refractivity contribution is 0.0935. The summed E-state index contributed by atoms with van der Waals surface area (Å²) in [5.41, 5.74) is 0. The molecule has 3 atom stereocenters. The fourth-order valence-corrected chi connectivity index (χ4v) is 5.17. The van der Waals surface area contributed by atoms with Gasteiger partial charge in [0.2, 0.25) is 0 Å². The Balaban J connectivity index is 1.39. The molecule has 116 valence electrons. The molecular weight excluding hydrogens is 342 g/mol. The van der Waals surface area contributed by atoms with E-state index in [2.05, 4.69) is 15.6 Å². The van der Waals surface area contributed by atoms with Crippen molar-refractivity contribution in [2.24, 2.45) is 0 Å². The van der Waals surface area contributed by atoms with Crippen LogP contribution in [-0.2, 0) is 0 Å². The number of nitrogens with one attached hydrogen (secondary N) is 2. The molecule has 0 spiro atoms. The Hall–Kier alpha value is -1.02. The smallest absolute Gasteiger partial charge is 0.293 e. The summed E-state index contributed by atoms with van der Waals surface area (Å²) in [4.78, 5) is 16.9. The summed E-state index contributed by atoms with van der Waals surface area (Å²) in [5, 5.41) is 7.43. The highest BCUT2D eigenvalue weighted by Gasteiger charge is 2.39. The van der Waals surface area contributed by atoms with Crippen LogP contribution in [0.1, 0.15) is 28.9 Å². The van der Waals surface area contributed by atoms with Gasteiger partial charge in [0, 0.05) is 18.1 Å².